The van der Waals surface area contributed by atoms with E-state index in [1.165, 1.54) is 0 Å². The van der Waals surface area contributed by atoms with E-state index in [2.05, 4.69) is 6.58 Å². The van der Waals surface area contributed by atoms with Gasteiger partial charge in [-0.15, -0.1) is 0 Å². The molecule has 2 fully saturated rings. The smallest absolute Gasteiger partial charge is 0.333 e. The van der Waals surface area contributed by atoms with E-state index in [0.717, 1.165) is 19.4 Å². The molecule has 2 aliphatic rings. The van der Waals surface area contributed by atoms with E-state index in [-0.39, 0.29) is 34.3 Å². The van der Waals surface area contributed by atoms with Crippen LogP contribution in [0.1, 0.15) is 40.5 Å². The molecule has 0 aromatic rings. The van der Waals surface area contributed by atoms with Crippen LogP contribution >= 0.6 is 0 Å². The first kappa shape index (κ1) is 19.6. The number of hydrogen-bond donors (Lipinski definition) is 0. The maximum absolute atomic E-state index is 11.6. The minimum absolute atomic E-state index is 0.00926. The molecule has 2 aliphatic carbocycles. The normalized spacial score (nSPS) is 27.7. The zero-order valence-corrected chi connectivity index (χ0v) is 15.2. The number of hydrogen-bond acceptors (Lipinski definition) is 5. The lowest BCUT2D eigenvalue weighted by Crippen LogP contribution is -2.33. The van der Waals surface area contributed by atoms with Crippen LogP contribution in [0.2, 0.25) is 0 Å². The lowest BCUT2D eigenvalue weighted by Gasteiger charge is -2.31. The molecule has 0 aromatic heterocycles. The van der Waals surface area contributed by atoms with Crippen molar-refractivity contribution in [1.29, 1.82) is 0 Å². The van der Waals surface area contributed by atoms with E-state index in [9.17, 15) is 14.4 Å². The van der Waals surface area contributed by atoms with E-state index in [1.807, 2.05) is 39.8 Å². The topological polar surface area (TPSA) is 63.7 Å². The largest absolute Gasteiger partial charge is 0.461 e. The zero-order valence-electron chi connectivity index (χ0n) is 15.2. The Morgan fingerprint density at radius 2 is 1.87 bits per heavy atom. The molecule has 5 heteroatoms. The molecule has 2 saturated carbocycles. The van der Waals surface area contributed by atoms with Crippen LogP contribution in [0.25, 0.3) is 0 Å². The quantitative estimate of drug-likeness (QED) is 0.451. The van der Waals surface area contributed by atoms with Crippen molar-refractivity contribution < 1.29 is 19.1 Å². The van der Waals surface area contributed by atoms with Gasteiger partial charge in [-0.2, -0.15) is 0 Å². The van der Waals surface area contributed by atoms with Gasteiger partial charge < -0.3 is 9.64 Å². The van der Waals surface area contributed by atoms with E-state index in [1.54, 1.807) is 6.92 Å². The summed E-state index contributed by atoms with van der Waals surface area (Å²) in [5.74, 6) is -0.542. The Kier molecular flexibility index (Phi) is 5.91. The summed E-state index contributed by atoms with van der Waals surface area (Å²) in [6, 6.07) is 0. The second-order valence-electron chi connectivity index (χ2n) is 7.56. The molecule has 0 heterocycles. The summed E-state index contributed by atoms with van der Waals surface area (Å²) in [6.45, 7) is 12.3. The van der Waals surface area contributed by atoms with Crippen molar-refractivity contribution in [1.82, 2.24) is 4.90 Å². The van der Waals surface area contributed by atoms with Gasteiger partial charge in [0, 0.05) is 23.5 Å². The van der Waals surface area contributed by atoms with E-state index in [4.69, 9.17) is 4.74 Å². The first-order chi connectivity index (χ1) is 10.4. The Hall–Kier alpha value is -1.49. The minimum atomic E-state index is -0.352. The van der Waals surface area contributed by atoms with Crippen LogP contribution in [0.4, 0.5) is 0 Å². The zero-order chi connectivity index (χ0) is 18.0. The van der Waals surface area contributed by atoms with Gasteiger partial charge in [-0.3, -0.25) is 9.59 Å². The molecule has 2 atom stereocenters. The molecule has 0 spiro atoms. The van der Waals surface area contributed by atoms with Gasteiger partial charge in [0.15, 0.2) is 0 Å². The number of rotatable bonds is 4. The van der Waals surface area contributed by atoms with Crippen LogP contribution in [0.3, 0.4) is 0 Å². The van der Waals surface area contributed by atoms with Crippen LogP contribution in [0.5, 0.6) is 0 Å². The lowest BCUT2D eigenvalue weighted by atomic mass is 9.70. The van der Waals surface area contributed by atoms with Gasteiger partial charge in [0.1, 0.15) is 6.61 Å². The van der Waals surface area contributed by atoms with Gasteiger partial charge in [-0.1, -0.05) is 27.4 Å². The predicted molar refractivity (Wildman–Crippen MR) is 89.0 cm³/mol. The van der Waals surface area contributed by atoms with Crippen LogP contribution in [-0.2, 0) is 19.1 Å². The van der Waals surface area contributed by atoms with Crippen LogP contribution in [0.15, 0.2) is 12.2 Å². The summed E-state index contributed by atoms with van der Waals surface area (Å²) < 4.78 is 4.83. The molecule has 2 rings (SSSR count). The first-order valence-corrected chi connectivity index (χ1v) is 8.01. The third-order valence-electron chi connectivity index (χ3n) is 5.39. The number of fused-ring (bicyclic) bond motifs is 2. The third-order valence-corrected chi connectivity index (χ3v) is 5.39. The molecular formula is C18H29NO4. The van der Waals surface area contributed by atoms with Crippen LogP contribution < -0.4 is 0 Å². The van der Waals surface area contributed by atoms with E-state index in [0.29, 0.717) is 12.2 Å². The standard InChI is InChI=1S/C10H14O2.C8H15NO2/c1-9(2)6-4-5-10(9,3)8(12)7(6)11;1-7(2)8(10)11-6-5-9(3)4/h6H,4-5H2,1-3H3;1,5-6H2,2-4H3. The maximum Gasteiger partial charge on any atom is 0.333 e. The fourth-order valence-electron chi connectivity index (χ4n) is 3.24. The Bertz CT molecular complexity index is 521. The number of likely N-dealkylation sites (N-methyl/N-ethyl adjacent to an activating group) is 1. The highest BCUT2D eigenvalue weighted by molar-refractivity contribution is 6.43. The van der Waals surface area contributed by atoms with Crippen molar-refractivity contribution in [3.63, 3.8) is 0 Å². The fraction of sp³-hybridized carbons (Fsp3) is 0.722. The second kappa shape index (κ2) is 6.95. The van der Waals surface area contributed by atoms with E-state index < -0.39 is 0 Å². The van der Waals surface area contributed by atoms with E-state index >= 15 is 0 Å². The number of carbonyl (C=O) groups is 3. The summed E-state index contributed by atoms with van der Waals surface area (Å²) in [6.07, 6.45) is 1.81. The summed E-state index contributed by atoms with van der Waals surface area (Å²) >= 11 is 0. The summed E-state index contributed by atoms with van der Waals surface area (Å²) in [7, 11) is 3.85. The lowest BCUT2D eigenvalue weighted by molar-refractivity contribution is -0.141. The van der Waals surface area contributed by atoms with Gasteiger partial charge in [0.25, 0.3) is 0 Å². The van der Waals surface area contributed by atoms with Gasteiger partial charge in [0.2, 0.25) is 11.6 Å². The molecule has 0 saturated heterocycles. The van der Waals surface area contributed by atoms with Gasteiger partial charge in [-0.05, 0) is 39.3 Å². The Labute approximate surface area is 139 Å². The molecular weight excluding hydrogens is 294 g/mol. The predicted octanol–water partition coefficient (Wildman–Crippen LogP) is 2.25. The summed E-state index contributed by atoms with van der Waals surface area (Å²) in [5, 5.41) is 0. The van der Waals surface area contributed by atoms with Crippen LogP contribution in [-0.4, -0.2) is 49.7 Å². The summed E-state index contributed by atoms with van der Waals surface area (Å²) in [4.78, 5) is 35.7. The number of esters is 1. The third kappa shape index (κ3) is 3.71. The van der Waals surface area contributed by atoms with Crippen molar-refractivity contribution in [2.45, 2.75) is 40.5 Å². The molecule has 0 N–H and O–H groups in total. The van der Waals surface area contributed by atoms with Crippen LogP contribution in [0, 0.1) is 16.7 Å². The summed E-state index contributed by atoms with van der Waals surface area (Å²) in [5.41, 5.74) is -0.000573. The monoisotopic (exact) mass is 323 g/mol. The molecule has 0 aliphatic heterocycles. The minimum Gasteiger partial charge on any atom is -0.461 e. The second-order valence-corrected chi connectivity index (χ2v) is 7.56. The highest BCUT2D eigenvalue weighted by atomic mass is 16.5. The number of ketones is 2. The van der Waals surface area contributed by atoms with Gasteiger partial charge >= 0.3 is 5.97 Å². The molecule has 2 bridgehead atoms. The SMILES string of the molecule is C=C(C)C(=O)OCCN(C)C.CC12CCC(C(=O)C1=O)C2(C)C. The molecule has 0 radical (unpaired) electrons. The highest BCUT2D eigenvalue weighted by Crippen LogP contribution is 2.61. The Balaban J connectivity index is 0.000000232. The van der Waals surface area contributed by atoms with Crippen molar-refractivity contribution in [3.8, 4) is 0 Å². The van der Waals surface area contributed by atoms with Crippen molar-refractivity contribution in [2.24, 2.45) is 16.7 Å². The van der Waals surface area contributed by atoms with Crippen molar-refractivity contribution >= 4 is 17.5 Å². The average Bonchev–Trinajstić information content (AvgIpc) is 2.74. The molecule has 0 amide bonds. The molecule has 0 aromatic carbocycles. The highest BCUT2D eigenvalue weighted by Gasteiger charge is 2.66. The maximum atomic E-state index is 11.6. The molecule has 2 unspecified atom stereocenters. The van der Waals surface area contributed by atoms with Crippen molar-refractivity contribution in [3.05, 3.63) is 12.2 Å². The number of ether oxygens (including phenoxy) is 1. The van der Waals surface area contributed by atoms with Gasteiger partial charge in [0.05, 0.1) is 0 Å². The average molecular weight is 323 g/mol. The molecule has 23 heavy (non-hydrogen) atoms. The molecule has 130 valence electrons. The first-order valence-electron chi connectivity index (χ1n) is 8.01. The van der Waals surface area contributed by atoms with Gasteiger partial charge in [-0.25, -0.2) is 4.79 Å². The molecule has 5 nitrogen and oxygen atoms in total. The Morgan fingerprint density at radius 3 is 2.17 bits per heavy atom. The Morgan fingerprint density at radius 1 is 1.30 bits per heavy atom. The number of Topliss-reactive ketones (excluding diaryl/α,β-unsaturated/α-hetero) is 2. The van der Waals surface area contributed by atoms with Crippen molar-refractivity contribution in [2.75, 3.05) is 27.2 Å². The number of carbonyl (C=O) groups excluding carboxylic acids is 3. The number of nitrogens with zero attached hydrogens (tertiary/aromatic N) is 1. The fourth-order valence-corrected chi connectivity index (χ4v) is 3.24.